The number of benzene rings is 2. The first-order valence-corrected chi connectivity index (χ1v) is 10.5. The predicted molar refractivity (Wildman–Crippen MR) is 119 cm³/mol. The van der Waals surface area contributed by atoms with Crippen molar-refractivity contribution in [3.8, 4) is 22.8 Å². The average Bonchev–Trinajstić information content (AvgIpc) is 3.30. The molecule has 0 spiro atoms. The SMILES string of the molecule is O=c1ccn(-c2ccc(N3CCC(F)(F)CC3)cc2F)nc1-c1ccnn1-c1ccccc1. The summed E-state index contributed by atoms with van der Waals surface area (Å²) >= 11 is 0. The fourth-order valence-corrected chi connectivity index (χ4v) is 3.95. The number of anilines is 1. The second-order valence-electron chi connectivity index (χ2n) is 7.92. The van der Waals surface area contributed by atoms with Gasteiger partial charge in [-0.25, -0.2) is 22.5 Å². The van der Waals surface area contributed by atoms with Crippen LogP contribution >= 0.6 is 0 Å². The molecule has 0 atom stereocenters. The van der Waals surface area contributed by atoms with E-state index >= 15 is 4.39 Å². The van der Waals surface area contributed by atoms with Crippen LogP contribution in [-0.4, -0.2) is 38.6 Å². The standard InChI is InChI=1S/C24H20F3N5O/c25-19-16-18(30-14-10-24(26,27)11-15-30)6-7-20(19)31-13-9-22(33)23(29-31)21-8-12-28-32(21)17-4-2-1-3-5-17/h1-9,12-13,16H,10-11,14-15H2. The number of hydrogen-bond acceptors (Lipinski definition) is 4. The van der Waals surface area contributed by atoms with Gasteiger partial charge in [-0.05, 0) is 36.4 Å². The maximum absolute atomic E-state index is 15.0. The van der Waals surface area contributed by atoms with Crippen molar-refractivity contribution in [1.82, 2.24) is 19.6 Å². The molecule has 1 saturated heterocycles. The Bertz CT molecular complexity index is 1340. The molecule has 168 valence electrons. The van der Waals surface area contributed by atoms with Gasteiger partial charge < -0.3 is 4.90 Å². The van der Waals surface area contributed by atoms with Gasteiger partial charge in [0.2, 0.25) is 5.43 Å². The summed E-state index contributed by atoms with van der Waals surface area (Å²) in [5, 5.41) is 8.68. The molecule has 0 radical (unpaired) electrons. The lowest BCUT2D eigenvalue weighted by molar-refractivity contribution is -0.0220. The molecule has 1 aliphatic rings. The Hall–Kier alpha value is -3.88. The molecule has 0 aliphatic carbocycles. The third kappa shape index (κ3) is 4.13. The lowest BCUT2D eigenvalue weighted by Gasteiger charge is -2.33. The second kappa shape index (κ2) is 8.23. The van der Waals surface area contributed by atoms with Gasteiger partial charge in [0.25, 0.3) is 5.92 Å². The summed E-state index contributed by atoms with van der Waals surface area (Å²) in [6.07, 6.45) is 2.46. The van der Waals surface area contributed by atoms with Crippen molar-refractivity contribution in [1.29, 1.82) is 0 Å². The Balaban J connectivity index is 1.48. The first-order valence-electron chi connectivity index (χ1n) is 10.5. The largest absolute Gasteiger partial charge is 0.371 e. The van der Waals surface area contributed by atoms with Crippen molar-refractivity contribution in [3.63, 3.8) is 0 Å². The van der Waals surface area contributed by atoms with E-state index in [-0.39, 0.29) is 42.7 Å². The van der Waals surface area contributed by atoms with Crippen LogP contribution in [0.3, 0.4) is 0 Å². The molecule has 3 heterocycles. The molecule has 0 bridgehead atoms. The number of nitrogens with zero attached hydrogens (tertiary/aromatic N) is 5. The highest BCUT2D eigenvalue weighted by atomic mass is 19.3. The second-order valence-corrected chi connectivity index (χ2v) is 7.92. The Morgan fingerprint density at radius 1 is 0.909 bits per heavy atom. The lowest BCUT2D eigenvalue weighted by atomic mass is 10.1. The van der Waals surface area contributed by atoms with Crippen LogP contribution in [0.25, 0.3) is 22.8 Å². The third-order valence-electron chi connectivity index (χ3n) is 5.73. The summed E-state index contributed by atoms with van der Waals surface area (Å²) < 4.78 is 44.8. The number of piperidine rings is 1. The molecule has 9 heteroatoms. The molecule has 0 saturated carbocycles. The fraction of sp³-hybridized carbons (Fsp3) is 0.208. The third-order valence-corrected chi connectivity index (χ3v) is 5.73. The molecule has 2 aromatic heterocycles. The van der Waals surface area contributed by atoms with Gasteiger partial charge in [0.1, 0.15) is 5.69 Å². The van der Waals surface area contributed by atoms with Gasteiger partial charge in [-0.2, -0.15) is 10.2 Å². The Kier molecular flexibility index (Phi) is 5.24. The monoisotopic (exact) mass is 451 g/mol. The minimum Gasteiger partial charge on any atom is -0.371 e. The molecule has 0 amide bonds. The van der Waals surface area contributed by atoms with Crippen molar-refractivity contribution in [2.75, 3.05) is 18.0 Å². The minimum absolute atomic E-state index is 0.126. The van der Waals surface area contributed by atoms with E-state index in [4.69, 9.17) is 0 Å². The number of para-hydroxylation sites is 1. The van der Waals surface area contributed by atoms with E-state index in [1.54, 1.807) is 27.9 Å². The van der Waals surface area contributed by atoms with E-state index in [0.717, 1.165) is 5.69 Å². The van der Waals surface area contributed by atoms with E-state index < -0.39 is 11.7 Å². The van der Waals surface area contributed by atoms with Crippen LogP contribution < -0.4 is 10.3 Å². The van der Waals surface area contributed by atoms with Gasteiger partial charge >= 0.3 is 0 Å². The smallest absolute Gasteiger partial charge is 0.251 e. The number of aromatic nitrogens is 4. The fourth-order valence-electron chi connectivity index (χ4n) is 3.95. The number of rotatable bonds is 4. The van der Waals surface area contributed by atoms with Crippen LogP contribution in [0, 0.1) is 5.82 Å². The number of halogens is 3. The highest BCUT2D eigenvalue weighted by Crippen LogP contribution is 2.31. The zero-order valence-corrected chi connectivity index (χ0v) is 17.5. The molecular formula is C24H20F3N5O. The normalized spacial score (nSPS) is 15.5. The predicted octanol–water partition coefficient (Wildman–Crippen LogP) is 4.46. The molecule has 4 aromatic rings. The molecular weight excluding hydrogens is 431 g/mol. The van der Waals surface area contributed by atoms with Gasteiger partial charge in [0, 0.05) is 43.9 Å². The molecule has 1 fully saturated rings. The average molecular weight is 451 g/mol. The van der Waals surface area contributed by atoms with Crippen LogP contribution in [0.1, 0.15) is 12.8 Å². The maximum atomic E-state index is 15.0. The summed E-state index contributed by atoms with van der Waals surface area (Å²) in [4.78, 5) is 14.3. The zero-order chi connectivity index (χ0) is 23.0. The van der Waals surface area contributed by atoms with Crippen LogP contribution in [0.2, 0.25) is 0 Å². The highest BCUT2D eigenvalue weighted by molar-refractivity contribution is 5.58. The summed E-state index contributed by atoms with van der Waals surface area (Å²) in [6.45, 7) is 0.325. The van der Waals surface area contributed by atoms with Crippen molar-refractivity contribution < 1.29 is 13.2 Å². The van der Waals surface area contributed by atoms with Crippen LogP contribution in [0.15, 0.2) is 77.9 Å². The molecule has 1 aliphatic heterocycles. The van der Waals surface area contributed by atoms with Crippen molar-refractivity contribution in [2.24, 2.45) is 0 Å². The van der Waals surface area contributed by atoms with Crippen molar-refractivity contribution in [3.05, 3.63) is 89.1 Å². The zero-order valence-electron chi connectivity index (χ0n) is 17.5. The van der Waals surface area contributed by atoms with E-state index in [0.29, 0.717) is 11.4 Å². The highest BCUT2D eigenvalue weighted by Gasteiger charge is 2.34. The van der Waals surface area contributed by atoms with Crippen molar-refractivity contribution >= 4 is 5.69 Å². The quantitative estimate of drug-likeness (QED) is 0.460. The summed E-state index contributed by atoms with van der Waals surface area (Å²) in [7, 11) is 0. The van der Waals surface area contributed by atoms with Gasteiger partial charge in [-0.15, -0.1) is 0 Å². The van der Waals surface area contributed by atoms with Crippen molar-refractivity contribution in [2.45, 2.75) is 18.8 Å². The first kappa shape index (κ1) is 21.0. The first-order chi connectivity index (χ1) is 15.9. The molecule has 0 N–H and O–H groups in total. The van der Waals surface area contributed by atoms with E-state index in [2.05, 4.69) is 10.2 Å². The van der Waals surface area contributed by atoms with Crippen LogP contribution in [0.4, 0.5) is 18.9 Å². The summed E-state index contributed by atoms with van der Waals surface area (Å²) in [6, 6.07) is 16.8. The Morgan fingerprint density at radius 3 is 2.39 bits per heavy atom. The van der Waals surface area contributed by atoms with Gasteiger partial charge in [0.05, 0.1) is 17.6 Å². The van der Waals surface area contributed by atoms with E-state index in [9.17, 15) is 13.6 Å². The summed E-state index contributed by atoms with van der Waals surface area (Å²) in [5.74, 6) is -3.24. The number of hydrogen-bond donors (Lipinski definition) is 0. The van der Waals surface area contributed by atoms with Crippen LogP contribution in [-0.2, 0) is 0 Å². The van der Waals surface area contributed by atoms with Gasteiger partial charge in [0.15, 0.2) is 11.5 Å². The molecule has 6 nitrogen and oxygen atoms in total. The Labute approximate surface area is 187 Å². The molecule has 5 rings (SSSR count). The molecule has 2 aromatic carbocycles. The maximum Gasteiger partial charge on any atom is 0.251 e. The molecule has 33 heavy (non-hydrogen) atoms. The Morgan fingerprint density at radius 2 is 1.67 bits per heavy atom. The van der Waals surface area contributed by atoms with E-state index in [1.165, 1.54) is 29.1 Å². The minimum atomic E-state index is -2.67. The van der Waals surface area contributed by atoms with Gasteiger partial charge in [-0.3, -0.25) is 4.79 Å². The van der Waals surface area contributed by atoms with E-state index in [1.807, 2.05) is 30.3 Å². The lowest BCUT2D eigenvalue weighted by Crippen LogP contribution is -2.39. The van der Waals surface area contributed by atoms with Crippen LogP contribution in [0.5, 0.6) is 0 Å². The summed E-state index contributed by atoms with van der Waals surface area (Å²) in [5.41, 5.74) is 1.72. The number of alkyl halides is 2. The topological polar surface area (TPSA) is 56.0 Å². The van der Waals surface area contributed by atoms with Gasteiger partial charge in [-0.1, -0.05) is 18.2 Å². The molecule has 0 unspecified atom stereocenters.